The van der Waals surface area contributed by atoms with Gasteiger partial charge in [-0.2, -0.15) is 0 Å². The van der Waals surface area contributed by atoms with Crippen LogP contribution in [0.4, 0.5) is 0 Å². The average molecular weight is 255 g/mol. The molecule has 104 valence electrons. The van der Waals surface area contributed by atoms with Crippen molar-refractivity contribution in [3.63, 3.8) is 0 Å². The van der Waals surface area contributed by atoms with Crippen LogP contribution in [0.1, 0.15) is 33.1 Å². The van der Waals surface area contributed by atoms with E-state index in [1.54, 1.807) is 4.90 Å². The van der Waals surface area contributed by atoms with Crippen molar-refractivity contribution >= 4 is 11.8 Å². The van der Waals surface area contributed by atoms with Crippen LogP contribution in [0.25, 0.3) is 0 Å². The molecule has 2 amide bonds. The van der Waals surface area contributed by atoms with E-state index in [4.69, 9.17) is 5.73 Å². The SMILES string of the molecule is CC(C)CC(CN)CC(=O)N1CCNC(=O)CC1. The molecule has 5 heteroatoms. The van der Waals surface area contributed by atoms with Gasteiger partial charge < -0.3 is 16.0 Å². The summed E-state index contributed by atoms with van der Waals surface area (Å²) in [5, 5.41) is 2.77. The van der Waals surface area contributed by atoms with Crippen LogP contribution >= 0.6 is 0 Å². The molecule has 0 bridgehead atoms. The molecule has 0 aliphatic carbocycles. The maximum Gasteiger partial charge on any atom is 0.222 e. The lowest BCUT2D eigenvalue weighted by molar-refractivity contribution is -0.132. The Morgan fingerprint density at radius 2 is 2.17 bits per heavy atom. The van der Waals surface area contributed by atoms with Gasteiger partial charge in [0.1, 0.15) is 0 Å². The first-order chi connectivity index (χ1) is 8.52. The fourth-order valence-electron chi connectivity index (χ4n) is 2.32. The van der Waals surface area contributed by atoms with Crippen LogP contribution in [0.3, 0.4) is 0 Å². The maximum absolute atomic E-state index is 12.1. The Bertz CT molecular complexity index is 292. The average Bonchev–Trinajstić information content (AvgIpc) is 2.52. The molecule has 0 spiro atoms. The first-order valence-electron chi connectivity index (χ1n) is 6.77. The molecule has 0 aromatic heterocycles. The summed E-state index contributed by atoms with van der Waals surface area (Å²) in [6.07, 6.45) is 1.89. The van der Waals surface area contributed by atoms with Crippen LogP contribution in [0.2, 0.25) is 0 Å². The standard InChI is InChI=1S/C13H25N3O2/c1-10(2)7-11(9-14)8-13(18)16-5-3-12(17)15-4-6-16/h10-11H,3-9,14H2,1-2H3,(H,15,17). The lowest BCUT2D eigenvalue weighted by Crippen LogP contribution is -2.36. The van der Waals surface area contributed by atoms with Crippen molar-refractivity contribution in [3.05, 3.63) is 0 Å². The van der Waals surface area contributed by atoms with Crippen molar-refractivity contribution in [2.75, 3.05) is 26.2 Å². The van der Waals surface area contributed by atoms with Crippen LogP contribution in [-0.4, -0.2) is 42.9 Å². The van der Waals surface area contributed by atoms with Gasteiger partial charge in [-0.05, 0) is 24.8 Å². The van der Waals surface area contributed by atoms with Crippen molar-refractivity contribution in [1.82, 2.24) is 10.2 Å². The summed E-state index contributed by atoms with van der Waals surface area (Å²) in [4.78, 5) is 25.1. The molecule has 0 aromatic rings. The molecular formula is C13H25N3O2. The molecule has 1 atom stereocenters. The van der Waals surface area contributed by atoms with Crippen molar-refractivity contribution in [1.29, 1.82) is 0 Å². The highest BCUT2D eigenvalue weighted by atomic mass is 16.2. The van der Waals surface area contributed by atoms with Crippen molar-refractivity contribution in [2.24, 2.45) is 17.6 Å². The molecule has 1 heterocycles. The van der Waals surface area contributed by atoms with Crippen LogP contribution < -0.4 is 11.1 Å². The summed E-state index contributed by atoms with van der Waals surface area (Å²) in [7, 11) is 0. The van der Waals surface area contributed by atoms with Crippen molar-refractivity contribution < 1.29 is 9.59 Å². The number of hydrogen-bond acceptors (Lipinski definition) is 3. The van der Waals surface area contributed by atoms with Crippen molar-refractivity contribution in [2.45, 2.75) is 33.1 Å². The molecule has 0 saturated carbocycles. The van der Waals surface area contributed by atoms with Crippen LogP contribution in [-0.2, 0) is 9.59 Å². The normalized spacial score (nSPS) is 18.4. The van der Waals surface area contributed by atoms with E-state index in [2.05, 4.69) is 19.2 Å². The van der Waals surface area contributed by atoms with E-state index >= 15 is 0 Å². The van der Waals surface area contributed by atoms with E-state index in [9.17, 15) is 9.59 Å². The number of nitrogens with one attached hydrogen (secondary N) is 1. The van der Waals surface area contributed by atoms with Gasteiger partial charge in [0, 0.05) is 32.5 Å². The van der Waals surface area contributed by atoms with E-state index in [1.807, 2.05) is 0 Å². The molecule has 0 radical (unpaired) electrons. The van der Waals surface area contributed by atoms with E-state index in [0.29, 0.717) is 44.9 Å². The molecule has 18 heavy (non-hydrogen) atoms. The van der Waals surface area contributed by atoms with Gasteiger partial charge in [-0.15, -0.1) is 0 Å². The van der Waals surface area contributed by atoms with Gasteiger partial charge >= 0.3 is 0 Å². The molecule has 1 unspecified atom stereocenters. The minimum Gasteiger partial charge on any atom is -0.354 e. The second-order valence-electron chi connectivity index (χ2n) is 5.42. The zero-order chi connectivity index (χ0) is 13.5. The number of hydrogen-bond donors (Lipinski definition) is 2. The fraction of sp³-hybridized carbons (Fsp3) is 0.846. The molecule has 5 nitrogen and oxygen atoms in total. The van der Waals surface area contributed by atoms with Gasteiger partial charge in [0.15, 0.2) is 0 Å². The highest BCUT2D eigenvalue weighted by Gasteiger charge is 2.21. The van der Waals surface area contributed by atoms with Gasteiger partial charge in [-0.1, -0.05) is 13.8 Å². The molecule has 1 saturated heterocycles. The summed E-state index contributed by atoms with van der Waals surface area (Å²) < 4.78 is 0. The Balaban J connectivity index is 2.45. The van der Waals surface area contributed by atoms with Crippen LogP contribution in [0.5, 0.6) is 0 Å². The number of amides is 2. The van der Waals surface area contributed by atoms with Crippen LogP contribution in [0, 0.1) is 11.8 Å². The number of carbonyl (C=O) groups excluding carboxylic acids is 2. The molecule has 0 aromatic carbocycles. The first-order valence-corrected chi connectivity index (χ1v) is 6.77. The van der Waals surface area contributed by atoms with Gasteiger partial charge in [-0.3, -0.25) is 9.59 Å². The summed E-state index contributed by atoms with van der Waals surface area (Å²) in [5.41, 5.74) is 5.71. The minimum atomic E-state index is 0.0304. The molecule has 1 aliphatic rings. The number of carbonyl (C=O) groups is 2. The zero-order valence-corrected chi connectivity index (χ0v) is 11.4. The van der Waals surface area contributed by atoms with Gasteiger partial charge in [0.2, 0.25) is 11.8 Å². The van der Waals surface area contributed by atoms with E-state index < -0.39 is 0 Å². The van der Waals surface area contributed by atoms with Gasteiger partial charge in [0.25, 0.3) is 0 Å². The predicted molar refractivity (Wildman–Crippen MR) is 70.8 cm³/mol. The molecule has 3 N–H and O–H groups in total. The van der Waals surface area contributed by atoms with Crippen molar-refractivity contribution in [3.8, 4) is 0 Å². The number of nitrogens with two attached hydrogens (primary N) is 1. The smallest absolute Gasteiger partial charge is 0.222 e. The first kappa shape index (κ1) is 15.0. The highest BCUT2D eigenvalue weighted by Crippen LogP contribution is 2.16. The van der Waals surface area contributed by atoms with E-state index in [-0.39, 0.29) is 17.7 Å². The summed E-state index contributed by atoms with van der Waals surface area (Å²) in [6.45, 7) is 6.54. The molecular weight excluding hydrogens is 230 g/mol. The molecule has 1 rings (SSSR count). The summed E-state index contributed by atoms with van der Waals surface area (Å²) in [5.74, 6) is 0.966. The monoisotopic (exact) mass is 255 g/mol. The molecule has 1 fully saturated rings. The van der Waals surface area contributed by atoms with E-state index in [0.717, 1.165) is 6.42 Å². The topological polar surface area (TPSA) is 75.4 Å². The van der Waals surface area contributed by atoms with Gasteiger partial charge in [0.05, 0.1) is 0 Å². The highest BCUT2D eigenvalue weighted by molar-refractivity contribution is 5.80. The second-order valence-corrected chi connectivity index (χ2v) is 5.42. The third kappa shape index (κ3) is 5.04. The quantitative estimate of drug-likeness (QED) is 0.744. The predicted octanol–water partition coefficient (Wildman–Crippen LogP) is 0.346. The third-order valence-corrected chi connectivity index (χ3v) is 3.27. The third-order valence-electron chi connectivity index (χ3n) is 3.27. The van der Waals surface area contributed by atoms with Gasteiger partial charge in [-0.25, -0.2) is 0 Å². The summed E-state index contributed by atoms with van der Waals surface area (Å²) in [6, 6.07) is 0. The summed E-state index contributed by atoms with van der Waals surface area (Å²) >= 11 is 0. The lowest BCUT2D eigenvalue weighted by Gasteiger charge is -2.23. The number of rotatable bonds is 5. The Hall–Kier alpha value is -1.10. The second kappa shape index (κ2) is 7.36. The Morgan fingerprint density at radius 3 is 2.78 bits per heavy atom. The number of nitrogens with zero attached hydrogens (tertiary/aromatic N) is 1. The molecule has 1 aliphatic heterocycles. The van der Waals surface area contributed by atoms with Crippen LogP contribution in [0.15, 0.2) is 0 Å². The zero-order valence-electron chi connectivity index (χ0n) is 11.4. The Kier molecular flexibility index (Phi) is 6.12. The maximum atomic E-state index is 12.1. The lowest BCUT2D eigenvalue weighted by atomic mass is 9.94. The minimum absolute atomic E-state index is 0.0304. The van der Waals surface area contributed by atoms with E-state index in [1.165, 1.54) is 0 Å². The Labute approximate surface area is 109 Å². The Morgan fingerprint density at radius 1 is 1.44 bits per heavy atom. The largest absolute Gasteiger partial charge is 0.354 e. The fourth-order valence-corrected chi connectivity index (χ4v) is 2.32.